The second kappa shape index (κ2) is 4.84. The summed E-state index contributed by atoms with van der Waals surface area (Å²) in [6.45, 7) is 5.12. The van der Waals surface area contributed by atoms with Crippen LogP contribution < -0.4 is 5.32 Å². The van der Waals surface area contributed by atoms with Crippen LogP contribution in [0.5, 0.6) is 0 Å². The van der Waals surface area contributed by atoms with Crippen LogP contribution in [-0.4, -0.2) is 41.8 Å². The molecule has 0 aromatic heterocycles. The van der Waals surface area contributed by atoms with Gasteiger partial charge >= 0.3 is 0 Å². The van der Waals surface area contributed by atoms with Crippen LogP contribution in [0.15, 0.2) is 30.3 Å². The Hall–Kier alpha value is -1.43. The maximum atomic E-state index is 13.7. The molecule has 5 aliphatic rings. The van der Waals surface area contributed by atoms with Gasteiger partial charge in [-0.2, -0.15) is 0 Å². The Kier molecular flexibility index (Phi) is 3.06. The Morgan fingerprint density at radius 1 is 1.24 bits per heavy atom. The molecule has 1 N–H and O–H groups in total. The number of nitrogens with zero attached hydrogens (tertiary/aromatic N) is 1. The molecule has 5 nitrogen and oxygen atoms in total. The molecule has 5 heteroatoms. The van der Waals surface area contributed by atoms with Crippen molar-refractivity contribution in [3.8, 4) is 0 Å². The Labute approximate surface area is 148 Å². The van der Waals surface area contributed by atoms with Crippen molar-refractivity contribution in [2.24, 2.45) is 11.3 Å². The quantitative estimate of drug-likeness (QED) is 0.897. The largest absolute Gasteiger partial charge is 0.364 e. The Bertz CT molecular complexity index is 721. The summed E-state index contributed by atoms with van der Waals surface area (Å²) < 4.78 is 12.1. The minimum atomic E-state index is -0.507. The number of ether oxygens (including phenoxy) is 2. The number of hydrogen-bond acceptors (Lipinski definition) is 4. The zero-order valence-corrected chi connectivity index (χ0v) is 15.1. The van der Waals surface area contributed by atoms with Gasteiger partial charge in [0.1, 0.15) is 17.3 Å². The fraction of sp³-hybridized carbons (Fsp3) is 0.650. The van der Waals surface area contributed by atoms with Crippen molar-refractivity contribution in [2.75, 3.05) is 13.7 Å². The highest BCUT2D eigenvalue weighted by molar-refractivity contribution is 5.91. The van der Waals surface area contributed by atoms with Gasteiger partial charge in [0.05, 0.1) is 6.61 Å². The summed E-state index contributed by atoms with van der Waals surface area (Å²) in [7, 11) is 1.73. The lowest BCUT2D eigenvalue weighted by Gasteiger charge is -2.62. The minimum Gasteiger partial charge on any atom is -0.364 e. The molecule has 4 aliphatic heterocycles. The predicted molar refractivity (Wildman–Crippen MR) is 92.5 cm³/mol. The van der Waals surface area contributed by atoms with Crippen LogP contribution in [0, 0.1) is 11.3 Å². The Morgan fingerprint density at radius 3 is 2.72 bits per heavy atom. The van der Waals surface area contributed by atoms with E-state index in [1.807, 2.05) is 35.2 Å². The molecule has 25 heavy (non-hydrogen) atoms. The van der Waals surface area contributed by atoms with Gasteiger partial charge in [0.15, 0.2) is 6.23 Å². The molecule has 4 saturated heterocycles. The number of benzene rings is 1. The van der Waals surface area contributed by atoms with E-state index in [0.717, 1.165) is 24.8 Å². The molecule has 2 spiro atoms. The molecule has 1 amide bonds. The third-order valence-electron chi connectivity index (χ3n) is 7.26. The van der Waals surface area contributed by atoms with E-state index in [-0.39, 0.29) is 23.8 Å². The van der Waals surface area contributed by atoms with Crippen LogP contribution in [0.3, 0.4) is 0 Å². The van der Waals surface area contributed by atoms with Gasteiger partial charge in [-0.25, -0.2) is 0 Å². The van der Waals surface area contributed by atoms with Crippen molar-refractivity contribution in [2.45, 2.75) is 56.6 Å². The molecule has 5 atom stereocenters. The minimum absolute atomic E-state index is 0.158. The molecule has 6 rings (SSSR count). The monoisotopic (exact) mass is 342 g/mol. The first-order valence-electron chi connectivity index (χ1n) is 9.25. The fourth-order valence-corrected chi connectivity index (χ4v) is 5.93. The summed E-state index contributed by atoms with van der Waals surface area (Å²) in [5.74, 6) is 0.530. The summed E-state index contributed by atoms with van der Waals surface area (Å²) in [5.41, 5.74) is 0.276. The SMILES string of the molecule is COC1NC23CCC(C)(C)[C@@H]2CC12CO[C@H](c1ccccc1)N2C3=O. The zero-order valence-electron chi connectivity index (χ0n) is 15.1. The number of amides is 1. The number of carbonyl (C=O) groups excluding carboxylic acids is 1. The average Bonchev–Trinajstić information content (AvgIpc) is 3.13. The topological polar surface area (TPSA) is 50.8 Å². The summed E-state index contributed by atoms with van der Waals surface area (Å²) in [6.07, 6.45) is 2.39. The highest BCUT2D eigenvalue weighted by Gasteiger charge is 2.75. The molecule has 1 aliphatic carbocycles. The van der Waals surface area contributed by atoms with Crippen LogP contribution in [-0.2, 0) is 14.3 Å². The molecule has 3 unspecified atom stereocenters. The third kappa shape index (κ3) is 1.76. The van der Waals surface area contributed by atoms with Crippen molar-refractivity contribution < 1.29 is 14.3 Å². The molecule has 5 fully saturated rings. The van der Waals surface area contributed by atoms with Gasteiger partial charge in [-0.15, -0.1) is 0 Å². The van der Waals surface area contributed by atoms with Crippen LogP contribution >= 0.6 is 0 Å². The lowest BCUT2D eigenvalue weighted by Crippen LogP contribution is -2.83. The smallest absolute Gasteiger partial charge is 0.246 e. The molecule has 2 bridgehead atoms. The second-order valence-corrected chi connectivity index (χ2v) is 8.83. The number of carbonyl (C=O) groups is 1. The van der Waals surface area contributed by atoms with E-state index in [2.05, 4.69) is 19.2 Å². The zero-order chi connectivity index (χ0) is 17.4. The summed E-state index contributed by atoms with van der Waals surface area (Å²) in [5, 5.41) is 3.62. The molecule has 1 saturated carbocycles. The molecular weight excluding hydrogens is 316 g/mol. The molecule has 1 aromatic carbocycles. The first kappa shape index (κ1) is 15.8. The predicted octanol–water partition coefficient (Wildman–Crippen LogP) is 2.44. The highest BCUT2D eigenvalue weighted by Crippen LogP contribution is 2.63. The van der Waals surface area contributed by atoms with Gasteiger partial charge in [0.25, 0.3) is 0 Å². The van der Waals surface area contributed by atoms with Crippen LogP contribution in [0.2, 0.25) is 0 Å². The number of rotatable bonds is 2. The Balaban J connectivity index is 1.64. The van der Waals surface area contributed by atoms with E-state index in [9.17, 15) is 4.79 Å². The highest BCUT2D eigenvalue weighted by atomic mass is 16.5. The van der Waals surface area contributed by atoms with Crippen molar-refractivity contribution in [1.82, 2.24) is 10.2 Å². The molecule has 0 radical (unpaired) electrons. The average molecular weight is 342 g/mol. The van der Waals surface area contributed by atoms with E-state index in [4.69, 9.17) is 9.47 Å². The summed E-state index contributed by atoms with van der Waals surface area (Å²) in [4.78, 5) is 15.7. The number of hydrogen-bond donors (Lipinski definition) is 1. The lowest BCUT2D eigenvalue weighted by atomic mass is 9.61. The van der Waals surface area contributed by atoms with Gasteiger partial charge in [-0.1, -0.05) is 44.2 Å². The summed E-state index contributed by atoms with van der Waals surface area (Å²) in [6, 6.07) is 10.1. The van der Waals surface area contributed by atoms with Crippen molar-refractivity contribution in [3.05, 3.63) is 35.9 Å². The van der Waals surface area contributed by atoms with E-state index >= 15 is 0 Å². The van der Waals surface area contributed by atoms with Crippen molar-refractivity contribution in [3.63, 3.8) is 0 Å². The maximum absolute atomic E-state index is 13.7. The van der Waals surface area contributed by atoms with Gasteiger partial charge in [0, 0.05) is 12.7 Å². The van der Waals surface area contributed by atoms with E-state index in [1.165, 1.54) is 0 Å². The van der Waals surface area contributed by atoms with Crippen molar-refractivity contribution >= 4 is 5.91 Å². The van der Waals surface area contributed by atoms with E-state index in [1.54, 1.807) is 7.11 Å². The first-order valence-corrected chi connectivity index (χ1v) is 9.25. The van der Waals surface area contributed by atoms with Crippen LogP contribution in [0.1, 0.15) is 44.9 Å². The normalized spacial score (nSPS) is 44.0. The van der Waals surface area contributed by atoms with Gasteiger partial charge in [-0.3, -0.25) is 15.0 Å². The van der Waals surface area contributed by atoms with Crippen LogP contribution in [0.4, 0.5) is 0 Å². The first-order chi connectivity index (χ1) is 11.9. The van der Waals surface area contributed by atoms with Gasteiger partial charge < -0.3 is 9.47 Å². The molecule has 4 heterocycles. The maximum Gasteiger partial charge on any atom is 0.246 e. The molecular formula is C20H26N2O3. The van der Waals surface area contributed by atoms with E-state index in [0.29, 0.717) is 12.5 Å². The third-order valence-corrected chi connectivity index (χ3v) is 7.26. The van der Waals surface area contributed by atoms with E-state index < -0.39 is 11.1 Å². The van der Waals surface area contributed by atoms with Gasteiger partial charge in [-0.05, 0) is 30.6 Å². The van der Waals surface area contributed by atoms with Crippen LogP contribution in [0.25, 0.3) is 0 Å². The number of nitrogens with one attached hydrogen (secondary N) is 1. The number of piperazine rings is 1. The second-order valence-electron chi connectivity index (χ2n) is 8.83. The molecule has 1 aromatic rings. The fourth-order valence-electron chi connectivity index (χ4n) is 5.93. The summed E-state index contributed by atoms with van der Waals surface area (Å²) >= 11 is 0. The number of fused-ring (bicyclic) bond motifs is 1. The number of piperidine rings is 2. The van der Waals surface area contributed by atoms with Gasteiger partial charge in [0.2, 0.25) is 5.91 Å². The standard InChI is InChI=1S/C20H26N2O3/c1-18(2)9-10-20-14(18)11-19(16(21-20)24-3)12-25-15(22(19)17(20)23)13-7-5-4-6-8-13/h4-8,14-16,21H,9-12H2,1-3H3/t14-,15+,16?,19?,20?/m0/s1. The molecule has 134 valence electrons. The Morgan fingerprint density at radius 2 is 2.00 bits per heavy atom. The lowest BCUT2D eigenvalue weighted by molar-refractivity contribution is -0.200. The van der Waals surface area contributed by atoms with Crippen molar-refractivity contribution in [1.29, 1.82) is 0 Å². The number of methoxy groups -OCH3 is 1.